The molecule has 0 saturated heterocycles. The van der Waals surface area contributed by atoms with E-state index in [0.29, 0.717) is 30.8 Å². The quantitative estimate of drug-likeness (QED) is 0.782. The first kappa shape index (κ1) is 16.4. The molecule has 5 heteroatoms. The van der Waals surface area contributed by atoms with Gasteiger partial charge in [-0.25, -0.2) is 4.39 Å². The number of hydrogen-bond donors (Lipinski definition) is 1. The van der Waals surface area contributed by atoms with Crippen molar-refractivity contribution >= 4 is 5.97 Å². The fourth-order valence-corrected chi connectivity index (χ4v) is 2.08. The Bertz CT molecular complexity index is 451. The van der Waals surface area contributed by atoms with Gasteiger partial charge in [0.2, 0.25) is 0 Å². The normalized spacial score (nSPS) is 13.7. The first-order valence-electron chi connectivity index (χ1n) is 6.72. The molecular weight excluding hydrogens is 261 g/mol. The summed E-state index contributed by atoms with van der Waals surface area (Å²) in [5, 5.41) is 0. The molecule has 0 aliphatic rings. The van der Waals surface area contributed by atoms with Crippen molar-refractivity contribution in [3.05, 3.63) is 29.6 Å². The van der Waals surface area contributed by atoms with Gasteiger partial charge in [-0.05, 0) is 25.3 Å². The molecule has 0 heterocycles. The average Bonchev–Trinajstić information content (AvgIpc) is 2.38. The largest absolute Gasteiger partial charge is 0.497 e. The molecule has 20 heavy (non-hydrogen) atoms. The maximum Gasteiger partial charge on any atom is 0.306 e. The summed E-state index contributed by atoms with van der Waals surface area (Å²) in [6, 6.07) is 4.15. The number of nitrogens with two attached hydrogens (primary N) is 1. The number of hydrogen-bond acceptors (Lipinski definition) is 4. The van der Waals surface area contributed by atoms with E-state index in [1.54, 1.807) is 19.1 Å². The Balaban J connectivity index is 2.61. The van der Waals surface area contributed by atoms with Crippen molar-refractivity contribution in [2.45, 2.75) is 32.7 Å². The number of methoxy groups -OCH3 is 1. The molecule has 0 radical (unpaired) electrons. The summed E-state index contributed by atoms with van der Waals surface area (Å²) in [5.41, 5.74) is 6.44. The van der Waals surface area contributed by atoms with E-state index in [1.807, 2.05) is 6.92 Å². The van der Waals surface area contributed by atoms with E-state index < -0.39 is 6.04 Å². The molecule has 0 bridgehead atoms. The summed E-state index contributed by atoms with van der Waals surface area (Å²) in [5.74, 6) is -0.147. The molecule has 2 N–H and O–H groups in total. The minimum absolute atomic E-state index is 0.0329. The highest BCUT2D eigenvalue weighted by Crippen LogP contribution is 2.26. The zero-order valence-electron chi connectivity index (χ0n) is 12.2. The van der Waals surface area contributed by atoms with E-state index in [4.69, 9.17) is 15.2 Å². The number of benzene rings is 1. The Morgan fingerprint density at radius 2 is 2.15 bits per heavy atom. The van der Waals surface area contributed by atoms with Crippen LogP contribution in [-0.2, 0) is 9.53 Å². The van der Waals surface area contributed by atoms with Crippen molar-refractivity contribution in [2.75, 3.05) is 13.7 Å². The topological polar surface area (TPSA) is 61.5 Å². The van der Waals surface area contributed by atoms with Gasteiger partial charge in [-0.3, -0.25) is 4.79 Å². The lowest BCUT2D eigenvalue weighted by atomic mass is 9.94. The van der Waals surface area contributed by atoms with E-state index in [-0.39, 0.29) is 17.7 Å². The van der Waals surface area contributed by atoms with Crippen LogP contribution in [0, 0.1) is 11.7 Å². The lowest BCUT2D eigenvalue weighted by molar-refractivity contribution is -0.144. The molecular formula is C15H22FNO3. The summed E-state index contributed by atoms with van der Waals surface area (Å²) in [4.78, 5) is 11.4. The molecule has 1 aromatic carbocycles. The van der Waals surface area contributed by atoms with Gasteiger partial charge in [0.1, 0.15) is 11.6 Å². The van der Waals surface area contributed by atoms with Gasteiger partial charge in [0.05, 0.1) is 13.7 Å². The molecule has 0 saturated carbocycles. The predicted molar refractivity (Wildman–Crippen MR) is 74.9 cm³/mol. The van der Waals surface area contributed by atoms with E-state index in [2.05, 4.69) is 0 Å². The van der Waals surface area contributed by atoms with Crippen LogP contribution in [0.3, 0.4) is 0 Å². The summed E-state index contributed by atoms with van der Waals surface area (Å²) in [6.07, 6.45) is 0.807. The zero-order chi connectivity index (χ0) is 15.1. The molecule has 0 fully saturated rings. The van der Waals surface area contributed by atoms with Crippen LogP contribution in [0.15, 0.2) is 18.2 Å². The highest BCUT2D eigenvalue weighted by molar-refractivity contribution is 5.69. The lowest BCUT2D eigenvalue weighted by Crippen LogP contribution is -2.18. The molecule has 2 unspecified atom stereocenters. The SMILES string of the molecule is CCOC(=O)CC(C)CC(N)c1ccc(OC)cc1F. The first-order chi connectivity index (χ1) is 9.47. The van der Waals surface area contributed by atoms with Crippen molar-refractivity contribution in [3.63, 3.8) is 0 Å². The van der Waals surface area contributed by atoms with Crippen LogP contribution in [0.5, 0.6) is 5.75 Å². The van der Waals surface area contributed by atoms with Gasteiger partial charge in [-0.2, -0.15) is 0 Å². The van der Waals surface area contributed by atoms with Crippen molar-refractivity contribution in [1.29, 1.82) is 0 Å². The molecule has 0 spiro atoms. The zero-order valence-corrected chi connectivity index (χ0v) is 12.2. The van der Waals surface area contributed by atoms with Crippen LogP contribution in [0.2, 0.25) is 0 Å². The fourth-order valence-electron chi connectivity index (χ4n) is 2.08. The summed E-state index contributed by atoms with van der Waals surface area (Å²) < 4.78 is 23.7. The highest BCUT2D eigenvalue weighted by atomic mass is 19.1. The van der Waals surface area contributed by atoms with Gasteiger partial charge in [0.15, 0.2) is 0 Å². The number of rotatable bonds is 7. The Kier molecular flexibility index (Phi) is 6.45. The van der Waals surface area contributed by atoms with Gasteiger partial charge in [0.25, 0.3) is 0 Å². The summed E-state index contributed by atoms with van der Waals surface area (Å²) in [7, 11) is 1.48. The van der Waals surface area contributed by atoms with Crippen LogP contribution >= 0.6 is 0 Å². The number of esters is 1. The molecule has 4 nitrogen and oxygen atoms in total. The maximum atomic E-state index is 13.9. The molecule has 1 aromatic rings. The van der Waals surface area contributed by atoms with E-state index >= 15 is 0 Å². The van der Waals surface area contributed by atoms with Gasteiger partial charge in [-0.15, -0.1) is 0 Å². The van der Waals surface area contributed by atoms with E-state index in [9.17, 15) is 9.18 Å². The predicted octanol–water partition coefficient (Wildman–Crippen LogP) is 2.81. The molecule has 112 valence electrons. The van der Waals surface area contributed by atoms with Crippen molar-refractivity contribution < 1.29 is 18.7 Å². The summed E-state index contributed by atoms with van der Waals surface area (Å²) >= 11 is 0. The van der Waals surface area contributed by atoms with Gasteiger partial charge < -0.3 is 15.2 Å². The Morgan fingerprint density at radius 3 is 2.70 bits per heavy atom. The second-order valence-electron chi connectivity index (χ2n) is 4.84. The van der Waals surface area contributed by atoms with Crippen molar-refractivity contribution in [2.24, 2.45) is 11.7 Å². The Labute approximate surface area is 119 Å². The number of halogens is 1. The molecule has 0 aliphatic carbocycles. The molecule has 2 atom stereocenters. The monoisotopic (exact) mass is 283 g/mol. The minimum atomic E-state index is -0.453. The average molecular weight is 283 g/mol. The molecule has 1 rings (SSSR count). The third kappa shape index (κ3) is 4.81. The standard InChI is InChI=1S/C15H22FNO3/c1-4-20-15(18)8-10(2)7-14(17)12-6-5-11(19-3)9-13(12)16/h5-6,9-10,14H,4,7-8,17H2,1-3H3. The van der Waals surface area contributed by atoms with Gasteiger partial charge in [0, 0.05) is 24.1 Å². The van der Waals surface area contributed by atoms with Crippen LogP contribution < -0.4 is 10.5 Å². The van der Waals surface area contributed by atoms with Gasteiger partial charge >= 0.3 is 5.97 Å². The Hall–Kier alpha value is -1.62. The van der Waals surface area contributed by atoms with Crippen LogP contribution in [0.25, 0.3) is 0 Å². The third-order valence-electron chi connectivity index (χ3n) is 3.08. The van der Waals surface area contributed by atoms with E-state index in [1.165, 1.54) is 13.2 Å². The second-order valence-corrected chi connectivity index (χ2v) is 4.84. The van der Waals surface area contributed by atoms with Gasteiger partial charge in [-0.1, -0.05) is 13.0 Å². The second kappa shape index (κ2) is 7.85. The Morgan fingerprint density at radius 1 is 1.45 bits per heavy atom. The molecule has 0 amide bonds. The lowest BCUT2D eigenvalue weighted by Gasteiger charge is -2.18. The first-order valence-corrected chi connectivity index (χ1v) is 6.72. The number of ether oxygens (including phenoxy) is 2. The third-order valence-corrected chi connectivity index (χ3v) is 3.08. The number of carbonyl (C=O) groups excluding carboxylic acids is 1. The molecule has 0 aromatic heterocycles. The highest BCUT2D eigenvalue weighted by Gasteiger charge is 2.18. The van der Waals surface area contributed by atoms with Crippen molar-refractivity contribution in [1.82, 2.24) is 0 Å². The van der Waals surface area contributed by atoms with E-state index in [0.717, 1.165) is 0 Å². The summed E-state index contributed by atoms with van der Waals surface area (Å²) in [6.45, 7) is 4.03. The minimum Gasteiger partial charge on any atom is -0.497 e. The number of carbonyl (C=O) groups is 1. The molecule has 0 aliphatic heterocycles. The van der Waals surface area contributed by atoms with Crippen molar-refractivity contribution in [3.8, 4) is 5.75 Å². The van der Waals surface area contributed by atoms with Crippen LogP contribution in [-0.4, -0.2) is 19.7 Å². The maximum absolute atomic E-state index is 13.9. The van der Waals surface area contributed by atoms with Crippen LogP contribution in [0.1, 0.15) is 38.3 Å². The smallest absolute Gasteiger partial charge is 0.306 e. The van der Waals surface area contributed by atoms with Crippen LogP contribution in [0.4, 0.5) is 4.39 Å². The fraction of sp³-hybridized carbons (Fsp3) is 0.533.